The van der Waals surface area contributed by atoms with Gasteiger partial charge in [0.2, 0.25) is 5.91 Å². The van der Waals surface area contributed by atoms with Gasteiger partial charge in [-0.3, -0.25) is 14.2 Å². The number of benzene rings is 2. The molecule has 0 aliphatic heterocycles. The lowest BCUT2D eigenvalue weighted by atomic mass is 10.0. The van der Waals surface area contributed by atoms with E-state index in [9.17, 15) is 9.59 Å². The number of amides is 1. The summed E-state index contributed by atoms with van der Waals surface area (Å²) in [6.07, 6.45) is 2.05. The van der Waals surface area contributed by atoms with Crippen LogP contribution >= 0.6 is 23.2 Å². The standard InChI is InChI=1S/C21H21Cl2N3O2/c1-13(2)15-5-3-14(4-6-15)7-8-24-19(27)11-26-12-25-20-17(21(26)28)9-16(22)10-18(20)23/h3-6,9-10,12-13H,7-8,11H2,1-2H3,(H,24,27). The summed E-state index contributed by atoms with van der Waals surface area (Å²) < 4.78 is 1.25. The van der Waals surface area contributed by atoms with Crippen LogP contribution in [-0.2, 0) is 17.8 Å². The Bertz CT molecular complexity index is 1060. The van der Waals surface area contributed by atoms with Crippen LogP contribution in [0.15, 0.2) is 47.5 Å². The van der Waals surface area contributed by atoms with E-state index in [0.29, 0.717) is 28.0 Å². The van der Waals surface area contributed by atoms with E-state index in [0.717, 1.165) is 12.0 Å². The molecule has 0 radical (unpaired) electrons. The average Bonchev–Trinajstić information content (AvgIpc) is 2.65. The summed E-state index contributed by atoms with van der Waals surface area (Å²) in [5.41, 5.74) is 2.46. The molecule has 0 bridgehead atoms. The zero-order chi connectivity index (χ0) is 20.3. The predicted octanol–water partition coefficient (Wildman–Crippen LogP) is 4.19. The van der Waals surface area contributed by atoms with Crippen LogP contribution in [0.2, 0.25) is 10.0 Å². The molecule has 28 heavy (non-hydrogen) atoms. The highest BCUT2D eigenvalue weighted by Gasteiger charge is 2.11. The van der Waals surface area contributed by atoms with Gasteiger partial charge in [0.1, 0.15) is 6.54 Å². The summed E-state index contributed by atoms with van der Waals surface area (Å²) >= 11 is 12.0. The first-order valence-corrected chi connectivity index (χ1v) is 9.80. The lowest BCUT2D eigenvalue weighted by molar-refractivity contribution is -0.121. The number of fused-ring (bicyclic) bond motifs is 1. The Morgan fingerprint density at radius 3 is 2.57 bits per heavy atom. The fourth-order valence-corrected chi connectivity index (χ4v) is 3.48. The number of carbonyl (C=O) groups is 1. The number of aromatic nitrogens is 2. The fourth-order valence-electron chi connectivity index (χ4n) is 2.93. The van der Waals surface area contributed by atoms with Crippen LogP contribution in [0.3, 0.4) is 0 Å². The largest absolute Gasteiger partial charge is 0.354 e. The maximum Gasteiger partial charge on any atom is 0.261 e. The van der Waals surface area contributed by atoms with Crippen molar-refractivity contribution in [2.45, 2.75) is 32.7 Å². The highest BCUT2D eigenvalue weighted by atomic mass is 35.5. The van der Waals surface area contributed by atoms with Gasteiger partial charge in [-0.25, -0.2) is 4.98 Å². The summed E-state index contributed by atoms with van der Waals surface area (Å²) in [4.78, 5) is 29.0. The molecule has 5 nitrogen and oxygen atoms in total. The zero-order valence-electron chi connectivity index (χ0n) is 15.7. The molecule has 0 spiro atoms. The molecule has 7 heteroatoms. The maximum absolute atomic E-state index is 12.6. The summed E-state index contributed by atoms with van der Waals surface area (Å²) in [5.74, 6) is 0.238. The van der Waals surface area contributed by atoms with Crippen LogP contribution in [0.25, 0.3) is 10.9 Å². The quantitative estimate of drug-likeness (QED) is 0.653. The molecule has 1 heterocycles. The van der Waals surface area contributed by atoms with Crippen LogP contribution in [0, 0.1) is 0 Å². The van der Waals surface area contributed by atoms with Crippen LogP contribution in [-0.4, -0.2) is 22.0 Å². The molecule has 1 amide bonds. The van der Waals surface area contributed by atoms with E-state index in [-0.39, 0.29) is 23.4 Å². The van der Waals surface area contributed by atoms with E-state index in [2.05, 4.69) is 48.4 Å². The number of nitrogens with zero attached hydrogens (tertiary/aromatic N) is 2. The van der Waals surface area contributed by atoms with Gasteiger partial charge < -0.3 is 5.32 Å². The van der Waals surface area contributed by atoms with Crippen molar-refractivity contribution in [1.82, 2.24) is 14.9 Å². The lowest BCUT2D eigenvalue weighted by Crippen LogP contribution is -2.33. The second-order valence-corrected chi connectivity index (χ2v) is 7.80. The van der Waals surface area contributed by atoms with Crippen LogP contribution in [0.5, 0.6) is 0 Å². The van der Waals surface area contributed by atoms with Gasteiger partial charge in [-0.2, -0.15) is 0 Å². The molecular formula is C21H21Cl2N3O2. The van der Waals surface area contributed by atoms with Gasteiger partial charge >= 0.3 is 0 Å². The molecular weight excluding hydrogens is 397 g/mol. The van der Waals surface area contributed by atoms with Gasteiger partial charge in [0, 0.05) is 11.6 Å². The molecule has 1 aromatic heterocycles. The minimum absolute atomic E-state index is 0.113. The van der Waals surface area contributed by atoms with E-state index in [4.69, 9.17) is 23.2 Å². The molecule has 2 aromatic carbocycles. The lowest BCUT2D eigenvalue weighted by Gasteiger charge is -2.10. The third kappa shape index (κ3) is 4.72. The van der Waals surface area contributed by atoms with Gasteiger partial charge in [0.05, 0.1) is 22.3 Å². The van der Waals surface area contributed by atoms with E-state index >= 15 is 0 Å². The first-order valence-electron chi connectivity index (χ1n) is 9.05. The van der Waals surface area contributed by atoms with Crippen LogP contribution < -0.4 is 10.9 Å². The van der Waals surface area contributed by atoms with Crippen molar-refractivity contribution in [2.24, 2.45) is 0 Å². The Kier molecular flexibility index (Phi) is 6.37. The van der Waals surface area contributed by atoms with Gasteiger partial charge in [0.25, 0.3) is 5.56 Å². The topological polar surface area (TPSA) is 64.0 Å². The third-order valence-electron chi connectivity index (χ3n) is 4.54. The van der Waals surface area contributed by atoms with Crippen molar-refractivity contribution in [3.05, 3.63) is 74.3 Å². The summed E-state index contributed by atoms with van der Waals surface area (Å²) in [6, 6.07) is 11.4. The number of hydrogen-bond acceptors (Lipinski definition) is 3. The smallest absolute Gasteiger partial charge is 0.261 e. The van der Waals surface area contributed by atoms with Gasteiger partial charge in [-0.05, 0) is 35.6 Å². The van der Waals surface area contributed by atoms with Crippen molar-refractivity contribution in [3.8, 4) is 0 Å². The Labute approximate surface area is 173 Å². The molecule has 1 N–H and O–H groups in total. The number of rotatable bonds is 6. The third-order valence-corrected chi connectivity index (χ3v) is 5.05. The predicted molar refractivity (Wildman–Crippen MR) is 113 cm³/mol. The maximum atomic E-state index is 12.6. The molecule has 0 saturated heterocycles. The number of hydrogen-bond donors (Lipinski definition) is 1. The Balaban J connectivity index is 1.62. The summed E-state index contributed by atoms with van der Waals surface area (Å²) in [6.45, 7) is 4.69. The molecule has 3 aromatic rings. The molecule has 3 rings (SSSR count). The van der Waals surface area contributed by atoms with E-state index in [1.165, 1.54) is 28.6 Å². The molecule has 0 aliphatic rings. The minimum Gasteiger partial charge on any atom is -0.354 e. The van der Waals surface area contributed by atoms with Crippen LogP contribution in [0.1, 0.15) is 30.9 Å². The van der Waals surface area contributed by atoms with Gasteiger partial charge in [-0.1, -0.05) is 61.3 Å². The highest BCUT2D eigenvalue weighted by molar-refractivity contribution is 6.38. The number of carbonyl (C=O) groups excluding carboxylic acids is 1. The van der Waals surface area contributed by atoms with Crippen molar-refractivity contribution < 1.29 is 4.79 Å². The molecule has 0 atom stereocenters. The number of halogens is 2. The fraction of sp³-hybridized carbons (Fsp3) is 0.286. The Hall–Kier alpha value is -2.37. The second kappa shape index (κ2) is 8.76. The van der Waals surface area contributed by atoms with Crippen molar-refractivity contribution in [1.29, 1.82) is 0 Å². The SMILES string of the molecule is CC(C)c1ccc(CCNC(=O)Cn2cnc3c(Cl)cc(Cl)cc3c2=O)cc1. The highest BCUT2D eigenvalue weighted by Crippen LogP contribution is 2.23. The molecule has 0 saturated carbocycles. The van der Waals surface area contributed by atoms with E-state index < -0.39 is 0 Å². The summed E-state index contributed by atoms with van der Waals surface area (Å²) in [7, 11) is 0. The van der Waals surface area contributed by atoms with E-state index in [1.54, 1.807) is 0 Å². The molecule has 146 valence electrons. The minimum atomic E-state index is -0.353. The molecule has 0 aliphatic carbocycles. The van der Waals surface area contributed by atoms with Gasteiger partial charge in [-0.15, -0.1) is 0 Å². The molecule has 0 fully saturated rings. The second-order valence-electron chi connectivity index (χ2n) is 6.96. The zero-order valence-corrected chi connectivity index (χ0v) is 17.2. The first kappa shape index (κ1) is 20.4. The van der Waals surface area contributed by atoms with Crippen LogP contribution in [0.4, 0.5) is 0 Å². The van der Waals surface area contributed by atoms with E-state index in [1.807, 2.05) is 0 Å². The molecule has 0 unspecified atom stereocenters. The van der Waals surface area contributed by atoms with Crippen molar-refractivity contribution >= 4 is 40.0 Å². The summed E-state index contributed by atoms with van der Waals surface area (Å²) in [5, 5.41) is 3.78. The normalized spacial score (nSPS) is 11.2. The average molecular weight is 418 g/mol. The monoisotopic (exact) mass is 417 g/mol. The van der Waals surface area contributed by atoms with Crippen molar-refractivity contribution in [3.63, 3.8) is 0 Å². The number of nitrogens with one attached hydrogen (secondary N) is 1. The Morgan fingerprint density at radius 1 is 1.18 bits per heavy atom. The van der Waals surface area contributed by atoms with Gasteiger partial charge in [0.15, 0.2) is 0 Å². The first-order chi connectivity index (χ1) is 13.3. The Morgan fingerprint density at radius 2 is 1.89 bits per heavy atom. The van der Waals surface area contributed by atoms with Crippen molar-refractivity contribution in [2.75, 3.05) is 6.54 Å².